The minimum absolute atomic E-state index is 0.0358. The normalized spacial score (nSPS) is 10.2. The second-order valence-corrected chi connectivity index (χ2v) is 4.79. The Bertz CT molecular complexity index is 569. The summed E-state index contributed by atoms with van der Waals surface area (Å²) in [6.45, 7) is 3.08. The van der Waals surface area contributed by atoms with E-state index in [1.807, 2.05) is 61.5 Å². The third-order valence-corrected chi connectivity index (χ3v) is 3.29. The Morgan fingerprint density at radius 3 is 2.33 bits per heavy atom. The van der Waals surface area contributed by atoms with Crippen LogP contribution in [0.3, 0.4) is 0 Å². The molecule has 2 rings (SSSR count). The molecule has 0 saturated heterocycles. The van der Waals surface area contributed by atoms with E-state index in [4.69, 9.17) is 16.3 Å². The molecular weight excluding hydrogens is 286 g/mol. The molecule has 2 aromatic carbocycles. The molecular formula is C17H18ClNO2. The molecule has 0 heterocycles. The van der Waals surface area contributed by atoms with E-state index in [0.29, 0.717) is 13.2 Å². The first-order valence-electron chi connectivity index (χ1n) is 6.87. The number of hydrogen-bond donors (Lipinski definition) is 0. The van der Waals surface area contributed by atoms with Gasteiger partial charge >= 0.3 is 0 Å². The fourth-order valence-electron chi connectivity index (χ4n) is 2.04. The zero-order valence-corrected chi connectivity index (χ0v) is 12.7. The molecule has 0 aliphatic carbocycles. The summed E-state index contributed by atoms with van der Waals surface area (Å²) in [5.74, 6) is 0.680. The van der Waals surface area contributed by atoms with E-state index in [1.54, 1.807) is 4.90 Å². The van der Waals surface area contributed by atoms with E-state index in [9.17, 15) is 4.79 Å². The summed E-state index contributed by atoms with van der Waals surface area (Å²) >= 11 is 5.72. The number of carbonyl (C=O) groups excluding carboxylic acids is 1. The van der Waals surface area contributed by atoms with Gasteiger partial charge in [-0.05, 0) is 36.8 Å². The standard InChI is InChI=1S/C17H18ClNO2/c1-2-21-16-10-8-14(9-11-16)13-19(17(20)12-18)15-6-4-3-5-7-15/h3-11H,2,12-13H2,1H3. The average molecular weight is 304 g/mol. The highest BCUT2D eigenvalue weighted by atomic mass is 35.5. The zero-order chi connectivity index (χ0) is 15.1. The Balaban J connectivity index is 2.17. The molecule has 1 amide bonds. The fraction of sp³-hybridized carbons (Fsp3) is 0.235. The van der Waals surface area contributed by atoms with Crippen LogP contribution < -0.4 is 9.64 Å². The summed E-state index contributed by atoms with van der Waals surface area (Å²) < 4.78 is 5.42. The van der Waals surface area contributed by atoms with Gasteiger partial charge in [-0.25, -0.2) is 0 Å². The van der Waals surface area contributed by atoms with Crippen LogP contribution in [0.4, 0.5) is 5.69 Å². The fourth-order valence-corrected chi connectivity index (χ4v) is 2.19. The molecule has 0 N–H and O–H groups in total. The second-order valence-electron chi connectivity index (χ2n) is 4.53. The monoisotopic (exact) mass is 303 g/mol. The largest absolute Gasteiger partial charge is 0.494 e. The summed E-state index contributed by atoms with van der Waals surface area (Å²) in [6, 6.07) is 17.3. The van der Waals surface area contributed by atoms with Crippen LogP contribution in [0.25, 0.3) is 0 Å². The Hall–Kier alpha value is -2.00. The Labute approximate surface area is 130 Å². The summed E-state index contributed by atoms with van der Waals surface area (Å²) in [6.07, 6.45) is 0. The lowest BCUT2D eigenvalue weighted by Gasteiger charge is -2.22. The van der Waals surface area contributed by atoms with Crippen LogP contribution in [-0.4, -0.2) is 18.4 Å². The number of ether oxygens (including phenoxy) is 1. The number of carbonyl (C=O) groups is 1. The number of para-hydroxylation sites is 1. The molecule has 0 fully saturated rings. The predicted molar refractivity (Wildman–Crippen MR) is 86.0 cm³/mol. The van der Waals surface area contributed by atoms with Gasteiger partial charge in [-0.15, -0.1) is 11.6 Å². The Morgan fingerprint density at radius 2 is 1.76 bits per heavy atom. The van der Waals surface area contributed by atoms with Gasteiger partial charge in [0.1, 0.15) is 11.6 Å². The van der Waals surface area contributed by atoms with Crippen molar-refractivity contribution in [1.29, 1.82) is 0 Å². The minimum Gasteiger partial charge on any atom is -0.494 e. The van der Waals surface area contributed by atoms with Crippen molar-refractivity contribution >= 4 is 23.2 Å². The molecule has 0 bridgehead atoms. The summed E-state index contributed by atoms with van der Waals surface area (Å²) in [5, 5.41) is 0. The van der Waals surface area contributed by atoms with Gasteiger partial charge in [0.2, 0.25) is 5.91 Å². The molecule has 0 radical (unpaired) electrons. The number of alkyl halides is 1. The number of anilines is 1. The van der Waals surface area contributed by atoms with Gasteiger partial charge in [0.05, 0.1) is 13.2 Å². The highest BCUT2D eigenvalue weighted by Gasteiger charge is 2.14. The maximum absolute atomic E-state index is 12.1. The van der Waals surface area contributed by atoms with Crippen molar-refractivity contribution in [2.24, 2.45) is 0 Å². The minimum atomic E-state index is -0.114. The van der Waals surface area contributed by atoms with Gasteiger partial charge in [-0.2, -0.15) is 0 Å². The molecule has 0 aromatic heterocycles. The molecule has 110 valence electrons. The molecule has 0 unspecified atom stereocenters. The van der Waals surface area contributed by atoms with Crippen molar-refractivity contribution in [2.45, 2.75) is 13.5 Å². The molecule has 0 atom stereocenters. The van der Waals surface area contributed by atoms with Gasteiger partial charge in [-0.1, -0.05) is 30.3 Å². The lowest BCUT2D eigenvalue weighted by Crippen LogP contribution is -2.31. The quantitative estimate of drug-likeness (QED) is 0.758. The van der Waals surface area contributed by atoms with Crippen molar-refractivity contribution in [2.75, 3.05) is 17.4 Å². The lowest BCUT2D eigenvalue weighted by atomic mass is 10.2. The molecule has 21 heavy (non-hydrogen) atoms. The molecule has 4 heteroatoms. The van der Waals surface area contributed by atoms with Crippen molar-refractivity contribution in [3.05, 3.63) is 60.2 Å². The van der Waals surface area contributed by atoms with Crippen LogP contribution in [-0.2, 0) is 11.3 Å². The van der Waals surface area contributed by atoms with Crippen LogP contribution in [0.2, 0.25) is 0 Å². The number of rotatable bonds is 6. The highest BCUT2D eigenvalue weighted by molar-refractivity contribution is 6.29. The third-order valence-electron chi connectivity index (χ3n) is 3.06. The van der Waals surface area contributed by atoms with Crippen LogP contribution in [0, 0.1) is 0 Å². The smallest absolute Gasteiger partial charge is 0.242 e. The number of hydrogen-bond acceptors (Lipinski definition) is 2. The van der Waals surface area contributed by atoms with E-state index in [-0.39, 0.29) is 11.8 Å². The number of benzene rings is 2. The summed E-state index contributed by atoms with van der Waals surface area (Å²) in [4.78, 5) is 13.7. The topological polar surface area (TPSA) is 29.5 Å². The molecule has 0 aliphatic rings. The van der Waals surface area contributed by atoms with Crippen LogP contribution in [0.5, 0.6) is 5.75 Å². The van der Waals surface area contributed by atoms with Crippen LogP contribution >= 0.6 is 11.6 Å². The second kappa shape index (κ2) is 7.70. The first-order chi connectivity index (χ1) is 10.2. The first-order valence-corrected chi connectivity index (χ1v) is 7.41. The van der Waals surface area contributed by atoms with Gasteiger partial charge in [0, 0.05) is 5.69 Å². The van der Waals surface area contributed by atoms with Gasteiger partial charge in [-0.3, -0.25) is 4.79 Å². The number of halogens is 1. The van der Waals surface area contributed by atoms with E-state index in [0.717, 1.165) is 17.0 Å². The van der Waals surface area contributed by atoms with Gasteiger partial charge in [0.15, 0.2) is 0 Å². The van der Waals surface area contributed by atoms with Crippen molar-refractivity contribution in [3.63, 3.8) is 0 Å². The third kappa shape index (κ3) is 4.23. The van der Waals surface area contributed by atoms with E-state index in [1.165, 1.54) is 0 Å². The van der Waals surface area contributed by atoms with Crippen LogP contribution in [0.15, 0.2) is 54.6 Å². The van der Waals surface area contributed by atoms with Crippen molar-refractivity contribution < 1.29 is 9.53 Å². The Kier molecular flexibility index (Phi) is 5.64. The molecule has 2 aromatic rings. The number of nitrogens with zero attached hydrogens (tertiary/aromatic N) is 1. The zero-order valence-electron chi connectivity index (χ0n) is 12.0. The summed E-state index contributed by atoms with van der Waals surface area (Å²) in [5.41, 5.74) is 1.87. The molecule has 0 aliphatic heterocycles. The average Bonchev–Trinajstić information content (AvgIpc) is 2.54. The van der Waals surface area contributed by atoms with E-state index in [2.05, 4.69) is 0 Å². The lowest BCUT2D eigenvalue weighted by molar-refractivity contribution is -0.116. The maximum Gasteiger partial charge on any atom is 0.242 e. The predicted octanol–water partition coefficient (Wildman–Crippen LogP) is 3.86. The molecule has 0 spiro atoms. The van der Waals surface area contributed by atoms with Gasteiger partial charge in [0.25, 0.3) is 0 Å². The number of amides is 1. The highest BCUT2D eigenvalue weighted by Crippen LogP contribution is 2.19. The van der Waals surface area contributed by atoms with Crippen molar-refractivity contribution in [3.8, 4) is 5.75 Å². The van der Waals surface area contributed by atoms with Gasteiger partial charge < -0.3 is 9.64 Å². The maximum atomic E-state index is 12.1. The molecule has 0 saturated carbocycles. The van der Waals surface area contributed by atoms with Crippen LogP contribution in [0.1, 0.15) is 12.5 Å². The summed E-state index contributed by atoms with van der Waals surface area (Å²) in [7, 11) is 0. The van der Waals surface area contributed by atoms with Crippen molar-refractivity contribution in [1.82, 2.24) is 0 Å². The van der Waals surface area contributed by atoms with E-state index < -0.39 is 0 Å². The molecule has 3 nitrogen and oxygen atoms in total. The van der Waals surface area contributed by atoms with E-state index >= 15 is 0 Å². The SMILES string of the molecule is CCOc1ccc(CN(C(=O)CCl)c2ccccc2)cc1. The first kappa shape index (κ1) is 15.4. The Morgan fingerprint density at radius 1 is 1.10 bits per heavy atom.